The molecule has 0 aromatic heterocycles. The summed E-state index contributed by atoms with van der Waals surface area (Å²) in [6, 6.07) is 0. The Morgan fingerprint density at radius 1 is 0.619 bits per heavy atom. The Balaban J connectivity index is 3.28. The van der Waals surface area contributed by atoms with Crippen molar-refractivity contribution in [3.8, 4) is 0 Å². The Hall–Kier alpha value is -0.0900. The first-order chi connectivity index (χ1) is 10.1. The van der Waals surface area contributed by atoms with E-state index < -0.39 is 10.1 Å². The van der Waals surface area contributed by atoms with Crippen LogP contribution in [0.15, 0.2) is 0 Å². The van der Waals surface area contributed by atoms with Gasteiger partial charge >= 0.3 is 0 Å². The largest absolute Gasteiger partial charge is 0.270 e. The minimum absolute atomic E-state index is 0.188. The molecule has 0 aliphatic heterocycles. The molecule has 0 atom stereocenters. The first-order valence-corrected chi connectivity index (χ1v) is 10.6. The van der Waals surface area contributed by atoms with Crippen LogP contribution in [0.5, 0.6) is 0 Å². The highest BCUT2D eigenvalue weighted by atomic mass is 32.2. The van der Waals surface area contributed by atoms with E-state index in [9.17, 15) is 8.42 Å². The molecule has 0 aromatic carbocycles. The van der Waals surface area contributed by atoms with Gasteiger partial charge in [-0.25, -0.2) is 0 Å². The fourth-order valence-electron chi connectivity index (χ4n) is 2.33. The van der Waals surface area contributed by atoms with Gasteiger partial charge in [0.1, 0.15) is 0 Å². The highest BCUT2D eigenvalue weighted by Crippen LogP contribution is 2.12. The molecule has 0 heterocycles. The normalized spacial score (nSPS) is 11.9. The second-order valence-electron chi connectivity index (χ2n) is 5.97. The number of hydrogen-bond donors (Lipinski definition) is 0. The molecule has 0 N–H and O–H groups in total. The molecule has 0 rings (SSSR count). The molecule has 0 spiro atoms. The van der Waals surface area contributed by atoms with E-state index in [2.05, 4.69) is 6.92 Å². The third kappa shape index (κ3) is 16.1. The summed E-state index contributed by atoms with van der Waals surface area (Å²) >= 11 is 0. The summed E-state index contributed by atoms with van der Waals surface area (Å²) in [6.45, 7) is 4.62. The Kier molecular flexibility index (Phi) is 14.8. The van der Waals surface area contributed by atoms with Gasteiger partial charge in [0.15, 0.2) is 0 Å². The molecule has 0 radical (unpaired) electrons. The first-order valence-electron chi connectivity index (χ1n) is 8.99. The molecule has 0 saturated heterocycles. The second kappa shape index (κ2) is 14.8. The van der Waals surface area contributed by atoms with Crippen molar-refractivity contribution in [2.75, 3.05) is 12.4 Å². The van der Waals surface area contributed by atoms with Crippen molar-refractivity contribution in [3.05, 3.63) is 0 Å². The molecule has 3 nitrogen and oxygen atoms in total. The Bertz CT molecular complexity index is 299. The van der Waals surface area contributed by atoms with Gasteiger partial charge in [-0.1, -0.05) is 84.5 Å². The van der Waals surface area contributed by atoms with Gasteiger partial charge in [0.05, 0.1) is 12.4 Å². The fourth-order valence-corrected chi connectivity index (χ4v) is 3.38. The van der Waals surface area contributed by atoms with Crippen LogP contribution in [0.3, 0.4) is 0 Å². The topological polar surface area (TPSA) is 43.4 Å². The van der Waals surface area contributed by atoms with Gasteiger partial charge in [-0.3, -0.25) is 4.18 Å². The molecule has 0 aromatic rings. The molecule has 0 saturated carbocycles. The monoisotopic (exact) mass is 320 g/mol. The molecule has 128 valence electrons. The lowest BCUT2D eigenvalue weighted by Gasteiger charge is -2.05. The standard InChI is InChI=1S/C17H36O3S/c1-3-5-7-8-9-10-11-12-13-14-15-17-21(18,19)20-16-6-4-2/h3-17H2,1-2H3. The molecular weight excluding hydrogens is 284 g/mol. The lowest BCUT2D eigenvalue weighted by atomic mass is 10.1. The SMILES string of the molecule is CCCCCCCCCCCCCS(=O)(=O)OCCCC. The summed E-state index contributed by atoms with van der Waals surface area (Å²) in [6.07, 6.45) is 15.4. The molecule has 4 heteroatoms. The van der Waals surface area contributed by atoms with E-state index >= 15 is 0 Å². The fraction of sp³-hybridized carbons (Fsp3) is 1.00. The van der Waals surface area contributed by atoms with Gasteiger partial charge in [-0.05, 0) is 12.8 Å². The maximum Gasteiger partial charge on any atom is 0.267 e. The van der Waals surface area contributed by atoms with Crippen LogP contribution in [0.25, 0.3) is 0 Å². The molecule has 21 heavy (non-hydrogen) atoms. The predicted molar refractivity (Wildman–Crippen MR) is 91.1 cm³/mol. The molecule has 0 amide bonds. The minimum atomic E-state index is -3.26. The lowest BCUT2D eigenvalue weighted by Crippen LogP contribution is -2.11. The van der Waals surface area contributed by atoms with E-state index in [-0.39, 0.29) is 5.75 Å². The van der Waals surface area contributed by atoms with Crippen LogP contribution in [0.4, 0.5) is 0 Å². The van der Waals surface area contributed by atoms with Gasteiger partial charge in [0.25, 0.3) is 10.1 Å². The molecule has 0 bridgehead atoms. The van der Waals surface area contributed by atoms with E-state index in [0.717, 1.165) is 32.1 Å². The van der Waals surface area contributed by atoms with E-state index in [4.69, 9.17) is 4.18 Å². The van der Waals surface area contributed by atoms with E-state index in [1.807, 2.05) is 6.92 Å². The van der Waals surface area contributed by atoms with Gasteiger partial charge in [0, 0.05) is 0 Å². The summed E-state index contributed by atoms with van der Waals surface area (Å²) < 4.78 is 28.0. The quantitative estimate of drug-likeness (QED) is 0.281. The molecule has 0 unspecified atom stereocenters. The summed E-state index contributed by atoms with van der Waals surface area (Å²) in [7, 11) is -3.26. The summed E-state index contributed by atoms with van der Waals surface area (Å²) in [4.78, 5) is 0. The van der Waals surface area contributed by atoms with Gasteiger partial charge in [0.2, 0.25) is 0 Å². The van der Waals surface area contributed by atoms with Crippen LogP contribution >= 0.6 is 0 Å². The Morgan fingerprint density at radius 2 is 1.05 bits per heavy atom. The van der Waals surface area contributed by atoms with Crippen LogP contribution in [-0.4, -0.2) is 20.8 Å². The van der Waals surface area contributed by atoms with E-state index in [1.54, 1.807) is 0 Å². The van der Waals surface area contributed by atoms with Crippen molar-refractivity contribution in [1.82, 2.24) is 0 Å². The Morgan fingerprint density at radius 3 is 1.52 bits per heavy atom. The molecule has 0 aliphatic carbocycles. The van der Waals surface area contributed by atoms with Crippen LogP contribution in [-0.2, 0) is 14.3 Å². The molecule has 0 fully saturated rings. The van der Waals surface area contributed by atoms with Gasteiger partial charge in [-0.15, -0.1) is 0 Å². The highest BCUT2D eigenvalue weighted by Gasteiger charge is 2.09. The number of unbranched alkanes of at least 4 members (excludes halogenated alkanes) is 11. The lowest BCUT2D eigenvalue weighted by molar-refractivity contribution is 0.310. The average molecular weight is 321 g/mol. The van der Waals surface area contributed by atoms with Crippen LogP contribution in [0.1, 0.15) is 97.3 Å². The predicted octanol–water partition coefficient (Wildman–Crippen LogP) is 5.44. The zero-order valence-electron chi connectivity index (χ0n) is 14.2. The first kappa shape index (κ1) is 20.9. The summed E-state index contributed by atoms with van der Waals surface area (Å²) in [5.74, 6) is 0.188. The second-order valence-corrected chi connectivity index (χ2v) is 7.73. The van der Waals surface area contributed by atoms with Crippen molar-refractivity contribution in [2.24, 2.45) is 0 Å². The maximum absolute atomic E-state index is 11.5. The molecule has 0 aliphatic rings. The zero-order valence-corrected chi connectivity index (χ0v) is 15.1. The summed E-state index contributed by atoms with van der Waals surface area (Å²) in [5.41, 5.74) is 0. The van der Waals surface area contributed by atoms with Crippen molar-refractivity contribution < 1.29 is 12.6 Å². The van der Waals surface area contributed by atoms with Crippen molar-refractivity contribution >= 4 is 10.1 Å². The van der Waals surface area contributed by atoms with Crippen molar-refractivity contribution in [1.29, 1.82) is 0 Å². The van der Waals surface area contributed by atoms with E-state index in [1.165, 1.54) is 51.4 Å². The highest BCUT2D eigenvalue weighted by molar-refractivity contribution is 7.86. The van der Waals surface area contributed by atoms with Crippen LogP contribution in [0.2, 0.25) is 0 Å². The smallest absolute Gasteiger partial charge is 0.267 e. The average Bonchev–Trinajstić information content (AvgIpc) is 2.45. The number of hydrogen-bond acceptors (Lipinski definition) is 3. The maximum atomic E-state index is 11.5. The van der Waals surface area contributed by atoms with Crippen molar-refractivity contribution in [2.45, 2.75) is 97.3 Å². The van der Waals surface area contributed by atoms with E-state index in [0.29, 0.717) is 6.61 Å². The van der Waals surface area contributed by atoms with Crippen LogP contribution in [0, 0.1) is 0 Å². The summed E-state index contributed by atoms with van der Waals surface area (Å²) in [5, 5.41) is 0. The third-order valence-electron chi connectivity index (χ3n) is 3.76. The van der Waals surface area contributed by atoms with Crippen molar-refractivity contribution in [3.63, 3.8) is 0 Å². The number of rotatable bonds is 16. The van der Waals surface area contributed by atoms with Gasteiger partial charge < -0.3 is 0 Å². The minimum Gasteiger partial charge on any atom is -0.270 e. The Labute approximate surface area is 133 Å². The zero-order chi connectivity index (χ0) is 15.8. The van der Waals surface area contributed by atoms with Gasteiger partial charge in [-0.2, -0.15) is 8.42 Å². The van der Waals surface area contributed by atoms with Crippen LogP contribution < -0.4 is 0 Å². The third-order valence-corrected chi connectivity index (χ3v) is 5.07. The molecular formula is C17H36O3S.